The van der Waals surface area contributed by atoms with Crippen LogP contribution in [-0.2, 0) is 13.1 Å². The standard InChI is InChI=1S/C19H28FN5S/c1-6-25(7-2)17-9-8-15(10-16(17)20)11-22-19(21-5)23-12-18-13(3)24-14(4)26-18/h8-10H,6-7,11-12H2,1-5H3,(H2,21,22,23). The van der Waals surface area contributed by atoms with Crippen molar-refractivity contribution < 1.29 is 4.39 Å². The summed E-state index contributed by atoms with van der Waals surface area (Å²) in [4.78, 5) is 11.9. The first-order valence-corrected chi connectivity index (χ1v) is 9.70. The molecule has 0 saturated heterocycles. The predicted molar refractivity (Wildman–Crippen MR) is 109 cm³/mol. The van der Waals surface area contributed by atoms with Crippen LogP contribution >= 0.6 is 11.3 Å². The molecule has 0 aliphatic rings. The number of rotatable bonds is 7. The second-order valence-electron chi connectivity index (χ2n) is 5.98. The minimum absolute atomic E-state index is 0.188. The predicted octanol–water partition coefficient (Wildman–Crippen LogP) is 3.61. The average molecular weight is 378 g/mol. The normalized spacial score (nSPS) is 11.5. The molecule has 1 aromatic carbocycles. The van der Waals surface area contributed by atoms with Gasteiger partial charge in [0.2, 0.25) is 0 Å². The van der Waals surface area contributed by atoms with Crippen LogP contribution in [0.1, 0.15) is 35.0 Å². The average Bonchev–Trinajstić information content (AvgIpc) is 2.95. The number of nitrogens with zero attached hydrogens (tertiary/aromatic N) is 3. The number of aromatic nitrogens is 1. The highest BCUT2D eigenvalue weighted by atomic mass is 32.1. The van der Waals surface area contributed by atoms with E-state index in [0.29, 0.717) is 24.7 Å². The Bertz CT molecular complexity index is 752. The maximum absolute atomic E-state index is 14.4. The molecule has 0 aliphatic heterocycles. The number of aliphatic imine (C=N–C) groups is 1. The molecule has 1 heterocycles. The van der Waals surface area contributed by atoms with Crippen LogP contribution in [0.25, 0.3) is 0 Å². The van der Waals surface area contributed by atoms with Crippen LogP contribution in [0.2, 0.25) is 0 Å². The van der Waals surface area contributed by atoms with Gasteiger partial charge in [0, 0.05) is 31.6 Å². The van der Waals surface area contributed by atoms with E-state index in [1.165, 1.54) is 4.88 Å². The molecule has 5 nitrogen and oxygen atoms in total. The summed E-state index contributed by atoms with van der Waals surface area (Å²) >= 11 is 1.68. The summed E-state index contributed by atoms with van der Waals surface area (Å²) in [7, 11) is 1.73. The summed E-state index contributed by atoms with van der Waals surface area (Å²) in [5, 5.41) is 7.57. The molecule has 0 unspecified atom stereocenters. The molecule has 0 spiro atoms. The highest BCUT2D eigenvalue weighted by Crippen LogP contribution is 2.20. The molecule has 1 aromatic heterocycles. The molecule has 142 valence electrons. The summed E-state index contributed by atoms with van der Waals surface area (Å²) in [6.07, 6.45) is 0. The molecule has 0 bridgehead atoms. The van der Waals surface area contributed by atoms with E-state index in [2.05, 4.69) is 20.6 Å². The summed E-state index contributed by atoms with van der Waals surface area (Å²) in [6.45, 7) is 10.8. The first-order chi connectivity index (χ1) is 12.5. The van der Waals surface area contributed by atoms with Gasteiger partial charge in [-0.3, -0.25) is 4.99 Å². The Kier molecular flexibility index (Phi) is 7.38. The molecular weight excluding hydrogens is 349 g/mol. The van der Waals surface area contributed by atoms with Gasteiger partial charge in [0.1, 0.15) is 5.82 Å². The van der Waals surface area contributed by atoms with Gasteiger partial charge in [0.05, 0.1) is 22.9 Å². The van der Waals surface area contributed by atoms with E-state index < -0.39 is 0 Å². The topological polar surface area (TPSA) is 52.5 Å². The Balaban J connectivity index is 1.94. The van der Waals surface area contributed by atoms with Crippen molar-refractivity contribution in [3.8, 4) is 0 Å². The Hall–Kier alpha value is -2.15. The Morgan fingerprint density at radius 3 is 2.42 bits per heavy atom. The van der Waals surface area contributed by atoms with Crippen LogP contribution < -0.4 is 15.5 Å². The molecular formula is C19H28FN5S. The monoisotopic (exact) mass is 377 g/mol. The van der Waals surface area contributed by atoms with Crippen molar-refractivity contribution in [1.82, 2.24) is 15.6 Å². The summed E-state index contributed by atoms with van der Waals surface area (Å²) in [6, 6.07) is 5.39. The fraction of sp³-hybridized carbons (Fsp3) is 0.474. The number of hydrogen-bond acceptors (Lipinski definition) is 4. The van der Waals surface area contributed by atoms with Crippen LogP contribution in [0.4, 0.5) is 10.1 Å². The summed E-state index contributed by atoms with van der Waals surface area (Å²) in [5.41, 5.74) is 2.58. The maximum atomic E-state index is 14.4. The minimum Gasteiger partial charge on any atom is -0.370 e. The van der Waals surface area contributed by atoms with Gasteiger partial charge in [0.15, 0.2) is 5.96 Å². The third-order valence-electron chi connectivity index (χ3n) is 4.22. The Labute approximate surface area is 159 Å². The molecule has 0 aliphatic carbocycles. The van der Waals surface area contributed by atoms with E-state index in [9.17, 15) is 4.39 Å². The third-order valence-corrected chi connectivity index (χ3v) is 5.29. The fourth-order valence-electron chi connectivity index (χ4n) is 2.79. The van der Waals surface area contributed by atoms with Crippen molar-refractivity contribution in [3.05, 3.63) is 45.2 Å². The second kappa shape index (κ2) is 9.52. The first kappa shape index (κ1) is 20.2. The van der Waals surface area contributed by atoms with Gasteiger partial charge < -0.3 is 15.5 Å². The zero-order chi connectivity index (χ0) is 19.1. The summed E-state index contributed by atoms with van der Waals surface area (Å²) in [5.74, 6) is 0.496. The van der Waals surface area contributed by atoms with E-state index >= 15 is 0 Å². The second-order valence-corrected chi connectivity index (χ2v) is 7.27. The van der Waals surface area contributed by atoms with Crippen LogP contribution in [0.15, 0.2) is 23.2 Å². The third kappa shape index (κ3) is 5.17. The van der Waals surface area contributed by atoms with Crippen molar-refractivity contribution in [2.45, 2.75) is 40.8 Å². The molecule has 26 heavy (non-hydrogen) atoms. The number of guanidine groups is 1. The number of anilines is 1. The van der Waals surface area contributed by atoms with Gasteiger partial charge >= 0.3 is 0 Å². The highest BCUT2D eigenvalue weighted by molar-refractivity contribution is 7.11. The molecule has 7 heteroatoms. The zero-order valence-electron chi connectivity index (χ0n) is 16.2. The SMILES string of the molecule is CCN(CC)c1ccc(CNC(=NC)NCc2sc(C)nc2C)cc1F. The molecule has 0 fully saturated rings. The number of hydrogen-bond donors (Lipinski definition) is 2. The van der Waals surface area contributed by atoms with Gasteiger partial charge in [-0.1, -0.05) is 6.07 Å². The lowest BCUT2D eigenvalue weighted by Crippen LogP contribution is -2.36. The Morgan fingerprint density at radius 2 is 1.88 bits per heavy atom. The molecule has 2 N–H and O–H groups in total. The molecule has 0 saturated carbocycles. The lowest BCUT2D eigenvalue weighted by atomic mass is 10.2. The quantitative estimate of drug-likeness (QED) is 0.572. The first-order valence-electron chi connectivity index (χ1n) is 8.89. The largest absolute Gasteiger partial charge is 0.370 e. The van der Waals surface area contributed by atoms with Crippen molar-refractivity contribution >= 4 is 23.0 Å². The van der Waals surface area contributed by atoms with Crippen LogP contribution in [-0.4, -0.2) is 31.1 Å². The molecule has 0 radical (unpaired) electrons. The highest BCUT2D eigenvalue weighted by Gasteiger charge is 2.10. The van der Waals surface area contributed by atoms with Crippen molar-refractivity contribution in [2.24, 2.45) is 4.99 Å². The number of halogens is 1. The lowest BCUT2D eigenvalue weighted by molar-refractivity contribution is 0.617. The maximum Gasteiger partial charge on any atom is 0.191 e. The van der Waals surface area contributed by atoms with E-state index in [4.69, 9.17) is 0 Å². The fourth-order valence-corrected chi connectivity index (χ4v) is 3.67. The molecule has 0 amide bonds. The molecule has 2 aromatic rings. The van der Waals surface area contributed by atoms with Crippen molar-refractivity contribution in [3.63, 3.8) is 0 Å². The van der Waals surface area contributed by atoms with Gasteiger partial charge in [-0.2, -0.15) is 0 Å². The minimum atomic E-state index is -0.188. The number of thiazole rings is 1. The lowest BCUT2D eigenvalue weighted by Gasteiger charge is -2.22. The number of nitrogens with one attached hydrogen (secondary N) is 2. The van der Waals surface area contributed by atoms with Gasteiger partial charge in [-0.05, 0) is 45.4 Å². The van der Waals surface area contributed by atoms with Crippen LogP contribution in [0.5, 0.6) is 0 Å². The molecule has 2 rings (SSSR count). The molecule has 0 atom stereocenters. The van der Waals surface area contributed by atoms with Gasteiger partial charge in [-0.25, -0.2) is 9.37 Å². The van der Waals surface area contributed by atoms with E-state index in [-0.39, 0.29) is 5.82 Å². The van der Waals surface area contributed by atoms with E-state index in [1.54, 1.807) is 24.5 Å². The van der Waals surface area contributed by atoms with Crippen molar-refractivity contribution in [2.75, 3.05) is 25.0 Å². The van der Waals surface area contributed by atoms with Gasteiger partial charge in [-0.15, -0.1) is 11.3 Å². The van der Waals surface area contributed by atoms with Crippen LogP contribution in [0.3, 0.4) is 0 Å². The zero-order valence-corrected chi connectivity index (χ0v) is 17.0. The van der Waals surface area contributed by atoms with E-state index in [0.717, 1.165) is 29.4 Å². The smallest absolute Gasteiger partial charge is 0.191 e. The van der Waals surface area contributed by atoms with Gasteiger partial charge in [0.25, 0.3) is 0 Å². The number of benzene rings is 1. The van der Waals surface area contributed by atoms with E-state index in [1.807, 2.05) is 44.7 Å². The Morgan fingerprint density at radius 1 is 1.19 bits per heavy atom. The number of aryl methyl sites for hydroxylation is 2. The van der Waals surface area contributed by atoms with Crippen molar-refractivity contribution in [1.29, 1.82) is 0 Å². The summed E-state index contributed by atoms with van der Waals surface area (Å²) < 4.78 is 14.4. The van der Waals surface area contributed by atoms with Crippen LogP contribution in [0, 0.1) is 19.7 Å².